The van der Waals surface area contributed by atoms with Gasteiger partial charge in [-0.15, -0.1) is 0 Å². The van der Waals surface area contributed by atoms with E-state index in [1.165, 1.54) is 6.07 Å². The second-order valence-electron chi connectivity index (χ2n) is 4.70. The van der Waals surface area contributed by atoms with Crippen LogP contribution in [0.3, 0.4) is 0 Å². The van der Waals surface area contributed by atoms with Crippen LogP contribution in [0.25, 0.3) is 0 Å². The second-order valence-corrected chi connectivity index (χ2v) is 5.49. The van der Waals surface area contributed by atoms with Gasteiger partial charge in [0.15, 0.2) is 0 Å². The summed E-state index contributed by atoms with van der Waals surface area (Å²) in [5.74, 6) is 0. The Labute approximate surface area is 120 Å². The zero-order chi connectivity index (χ0) is 13.8. The topological polar surface area (TPSA) is 64.4 Å². The van der Waals surface area contributed by atoms with Gasteiger partial charge in [0, 0.05) is 25.8 Å². The van der Waals surface area contributed by atoms with Crippen LogP contribution in [0.15, 0.2) is 22.7 Å². The number of nitro groups is 1. The number of rotatable bonds is 5. The second kappa shape index (κ2) is 6.45. The minimum Gasteiger partial charge on any atom is -0.380 e. The number of ether oxygens (including phenoxy) is 1. The van der Waals surface area contributed by atoms with Crippen molar-refractivity contribution in [3.05, 3.63) is 38.3 Å². The quantitative estimate of drug-likeness (QED) is 0.666. The molecule has 1 saturated carbocycles. The van der Waals surface area contributed by atoms with Crippen LogP contribution in [0, 0.1) is 10.1 Å². The largest absolute Gasteiger partial charge is 0.380 e. The molecule has 1 aliphatic carbocycles. The van der Waals surface area contributed by atoms with Gasteiger partial charge in [-0.3, -0.25) is 10.1 Å². The van der Waals surface area contributed by atoms with Gasteiger partial charge in [-0.2, -0.15) is 0 Å². The molecule has 1 aromatic carbocycles. The lowest BCUT2D eigenvalue weighted by molar-refractivity contribution is -0.385. The molecule has 0 spiro atoms. The molecule has 19 heavy (non-hydrogen) atoms. The lowest BCUT2D eigenvalue weighted by Crippen LogP contribution is -2.36. The molecule has 0 aromatic heterocycles. The molecule has 0 bridgehead atoms. The fourth-order valence-electron chi connectivity index (χ4n) is 2.53. The highest BCUT2D eigenvalue weighted by molar-refractivity contribution is 9.10. The highest BCUT2D eigenvalue weighted by Crippen LogP contribution is 2.29. The standard InChI is InChI=1S/C13H17BrN2O3/c1-19-12-7-3-5-10(12)15-8-9-4-2-6-11(13(9)14)16(17)18/h2,4,6,10,12,15H,3,5,7-8H2,1H3. The van der Waals surface area contributed by atoms with E-state index in [-0.39, 0.29) is 16.7 Å². The molecule has 0 amide bonds. The minimum atomic E-state index is -0.374. The van der Waals surface area contributed by atoms with Crippen LogP contribution in [0.5, 0.6) is 0 Å². The Morgan fingerprint density at radius 3 is 3.00 bits per heavy atom. The molecule has 1 fully saturated rings. The first kappa shape index (κ1) is 14.4. The van der Waals surface area contributed by atoms with Crippen molar-refractivity contribution in [3.63, 3.8) is 0 Å². The van der Waals surface area contributed by atoms with Crippen molar-refractivity contribution in [3.8, 4) is 0 Å². The lowest BCUT2D eigenvalue weighted by atomic mass is 10.1. The van der Waals surface area contributed by atoms with E-state index in [1.807, 2.05) is 6.07 Å². The molecule has 0 radical (unpaired) electrons. The molecule has 2 rings (SSSR count). The number of nitrogens with zero attached hydrogens (tertiary/aromatic N) is 1. The maximum atomic E-state index is 10.9. The van der Waals surface area contributed by atoms with Gasteiger partial charge in [-0.25, -0.2) is 0 Å². The summed E-state index contributed by atoms with van der Waals surface area (Å²) in [6.07, 6.45) is 3.57. The SMILES string of the molecule is COC1CCCC1NCc1cccc([N+](=O)[O-])c1Br. The molecular weight excluding hydrogens is 312 g/mol. The van der Waals surface area contributed by atoms with Gasteiger partial charge in [0.05, 0.1) is 15.5 Å². The van der Waals surface area contributed by atoms with Crippen LogP contribution in [-0.4, -0.2) is 24.2 Å². The van der Waals surface area contributed by atoms with Crippen molar-refractivity contribution < 1.29 is 9.66 Å². The molecule has 2 unspecified atom stereocenters. The average Bonchev–Trinajstić information content (AvgIpc) is 2.84. The summed E-state index contributed by atoms with van der Waals surface area (Å²) in [7, 11) is 1.73. The molecular formula is C13H17BrN2O3. The number of methoxy groups -OCH3 is 1. The van der Waals surface area contributed by atoms with Crippen molar-refractivity contribution in [2.75, 3.05) is 7.11 Å². The molecule has 1 aliphatic rings. The predicted molar refractivity (Wildman–Crippen MR) is 76.1 cm³/mol. The normalized spacial score (nSPS) is 22.6. The van der Waals surface area contributed by atoms with Gasteiger partial charge < -0.3 is 10.1 Å². The van der Waals surface area contributed by atoms with E-state index in [1.54, 1.807) is 13.2 Å². The Morgan fingerprint density at radius 1 is 1.53 bits per heavy atom. The fraction of sp³-hybridized carbons (Fsp3) is 0.538. The molecule has 6 heteroatoms. The van der Waals surface area contributed by atoms with Crippen LogP contribution in [0.1, 0.15) is 24.8 Å². The van der Waals surface area contributed by atoms with Crippen LogP contribution in [0.4, 0.5) is 5.69 Å². The number of nitro benzene ring substituents is 1. The predicted octanol–water partition coefficient (Wildman–Crippen LogP) is 3.01. The summed E-state index contributed by atoms with van der Waals surface area (Å²) in [4.78, 5) is 10.5. The minimum absolute atomic E-state index is 0.106. The molecule has 0 saturated heterocycles. The van der Waals surface area contributed by atoms with Crippen molar-refractivity contribution in [2.45, 2.75) is 38.0 Å². The average molecular weight is 329 g/mol. The van der Waals surface area contributed by atoms with Crippen molar-refractivity contribution in [1.29, 1.82) is 0 Å². The summed E-state index contributed by atoms with van der Waals surface area (Å²) in [6, 6.07) is 5.43. The van der Waals surface area contributed by atoms with Gasteiger partial charge in [0.25, 0.3) is 5.69 Å². The monoisotopic (exact) mass is 328 g/mol. The van der Waals surface area contributed by atoms with Crippen LogP contribution in [0.2, 0.25) is 0 Å². The summed E-state index contributed by atoms with van der Waals surface area (Å²) in [6.45, 7) is 0.604. The molecule has 0 heterocycles. The summed E-state index contributed by atoms with van der Waals surface area (Å²) < 4.78 is 5.98. The van der Waals surface area contributed by atoms with E-state index in [0.717, 1.165) is 24.8 Å². The highest BCUT2D eigenvalue weighted by atomic mass is 79.9. The summed E-state index contributed by atoms with van der Waals surface area (Å²) in [5.41, 5.74) is 1.00. The third kappa shape index (κ3) is 3.32. The molecule has 5 nitrogen and oxygen atoms in total. The third-order valence-electron chi connectivity index (χ3n) is 3.57. The molecule has 1 aromatic rings. The van der Waals surface area contributed by atoms with Crippen molar-refractivity contribution >= 4 is 21.6 Å². The summed E-state index contributed by atoms with van der Waals surface area (Å²) in [5, 5.41) is 14.3. The molecule has 1 N–H and O–H groups in total. The van der Waals surface area contributed by atoms with E-state index < -0.39 is 0 Å². The Morgan fingerprint density at radius 2 is 2.32 bits per heavy atom. The zero-order valence-corrected chi connectivity index (χ0v) is 12.4. The van der Waals surface area contributed by atoms with E-state index in [2.05, 4.69) is 21.2 Å². The van der Waals surface area contributed by atoms with Crippen molar-refractivity contribution in [2.24, 2.45) is 0 Å². The lowest BCUT2D eigenvalue weighted by Gasteiger charge is -2.20. The van der Waals surface area contributed by atoms with Crippen LogP contribution >= 0.6 is 15.9 Å². The Hall–Kier alpha value is -0.980. The van der Waals surface area contributed by atoms with Crippen LogP contribution in [-0.2, 0) is 11.3 Å². The fourth-order valence-corrected chi connectivity index (χ4v) is 3.08. The van der Waals surface area contributed by atoms with Gasteiger partial charge >= 0.3 is 0 Å². The molecule has 104 valence electrons. The molecule has 0 aliphatic heterocycles. The molecule has 2 atom stereocenters. The van der Waals surface area contributed by atoms with E-state index in [9.17, 15) is 10.1 Å². The number of hydrogen-bond donors (Lipinski definition) is 1. The highest BCUT2D eigenvalue weighted by Gasteiger charge is 2.26. The van der Waals surface area contributed by atoms with Crippen LogP contribution < -0.4 is 5.32 Å². The number of halogens is 1. The van der Waals surface area contributed by atoms with E-state index in [4.69, 9.17) is 4.74 Å². The number of nitrogens with one attached hydrogen (secondary N) is 1. The summed E-state index contributed by atoms with van der Waals surface area (Å²) >= 11 is 3.31. The third-order valence-corrected chi connectivity index (χ3v) is 4.48. The maximum Gasteiger partial charge on any atom is 0.283 e. The van der Waals surface area contributed by atoms with Gasteiger partial charge in [0.2, 0.25) is 0 Å². The van der Waals surface area contributed by atoms with E-state index >= 15 is 0 Å². The van der Waals surface area contributed by atoms with E-state index in [0.29, 0.717) is 17.1 Å². The smallest absolute Gasteiger partial charge is 0.283 e. The maximum absolute atomic E-state index is 10.9. The Balaban J connectivity index is 2.03. The van der Waals surface area contributed by atoms with Gasteiger partial charge in [-0.1, -0.05) is 12.1 Å². The van der Waals surface area contributed by atoms with Crippen molar-refractivity contribution in [1.82, 2.24) is 5.32 Å². The number of benzene rings is 1. The van der Waals surface area contributed by atoms with Gasteiger partial charge in [-0.05, 0) is 40.8 Å². The Bertz CT molecular complexity index is 467. The Kier molecular flexibility index (Phi) is 4.90. The first-order chi connectivity index (χ1) is 9.13. The number of hydrogen-bond acceptors (Lipinski definition) is 4. The first-order valence-electron chi connectivity index (χ1n) is 6.31. The first-order valence-corrected chi connectivity index (χ1v) is 7.10. The zero-order valence-electron chi connectivity index (χ0n) is 10.8. The van der Waals surface area contributed by atoms with Gasteiger partial charge in [0.1, 0.15) is 0 Å².